The lowest BCUT2D eigenvalue weighted by Gasteiger charge is -2.38. The molecule has 0 spiro atoms. The molecule has 0 amide bonds. The van der Waals surface area contributed by atoms with Crippen molar-refractivity contribution in [2.75, 3.05) is 39.8 Å². The molecule has 0 aliphatic carbocycles. The molecule has 1 fully saturated rings. The smallest absolute Gasteiger partial charge is 0.191 e. The van der Waals surface area contributed by atoms with E-state index in [4.69, 9.17) is 0 Å². The molecule has 160 valence electrons. The lowest BCUT2D eigenvalue weighted by molar-refractivity contribution is 0.134. The number of benzene rings is 1. The number of guanidine groups is 1. The third kappa shape index (κ3) is 8.66. The van der Waals surface area contributed by atoms with Gasteiger partial charge in [-0.25, -0.2) is 0 Å². The van der Waals surface area contributed by atoms with Crippen molar-refractivity contribution < 1.29 is 0 Å². The molecule has 2 unspecified atom stereocenters. The first-order valence-electron chi connectivity index (χ1n) is 10.6. The van der Waals surface area contributed by atoms with Gasteiger partial charge >= 0.3 is 0 Å². The van der Waals surface area contributed by atoms with Crippen molar-refractivity contribution >= 4 is 29.9 Å². The summed E-state index contributed by atoms with van der Waals surface area (Å²) in [4.78, 5) is 9.47. The third-order valence-corrected chi connectivity index (χ3v) is 5.64. The summed E-state index contributed by atoms with van der Waals surface area (Å²) >= 11 is 0. The molecule has 6 heteroatoms. The SMILES string of the molecule is CCN(CC)CCCNC(=NC)NC1CCN(Cc2ccccc2)C(C)C1.I. The Kier molecular flexibility index (Phi) is 12.7. The minimum atomic E-state index is 0. The summed E-state index contributed by atoms with van der Waals surface area (Å²) in [5.74, 6) is 0.947. The highest BCUT2D eigenvalue weighted by Crippen LogP contribution is 2.19. The number of halogens is 1. The lowest BCUT2D eigenvalue weighted by Crippen LogP contribution is -2.51. The van der Waals surface area contributed by atoms with E-state index in [1.807, 2.05) is 7.05 Å². The first kappa shape index (κ1) is 25.2. The number of hydrogen-bond donors (Lipinski definition) is 2. The zero-order valence-electron chi connectivity index (χ0n) is 18.2. The van der Waals surface area contributed by atoms with Crippen molar-refractivity contribution in [3.05, 3.63) is 35.9 Å². The second kappa shape index (κ2) is 14.2. The zero-order valence-corrected chi connectivity index (χ0v) is 20.5. The first-order valence-corrected chi connectivity index (χ1v) is 10.6. The number of rotatable bonds is 9. The molecule has 0 radical (unpaired) electrons. The molecule has 1 aliphatic heterocycles. The number of likely N-dealkylation sites (tertiary alicyclic amines) is 1. The molecule has 1 aromatic carbocycles. The van der Waals surface area contributed by atoms with Crippen LogP contribution in [0.2, 0.25) is 0 Å². The van der Waals surface area contributed by atoms with Crippen molar-refractivity contribution in [1.29, 1.82) is 0 Å². The van der Waals surface area contributed by atoms with Gasteiger partial charge in [0, 0.05) is 38.8 Å². The van der Waals surface area contributed by atoms with Gasteiger partial charge in [-0.05, 0) is 51.4 Å². The second-order valence-corrected chi connectivity index (χ2v) is 7.55. The number of hydrogen-bond acceptors (Lipinski definition) is 3. The monoisotopic (exact) mass is 501 g/mol. The topological polar surface area (TPSA) is 42.9 Å². The van der Waals surface area contributed by atoms with Crippen LogP contribution < -0.4 is 10.6 Å². The van der Waals surface area contributed by atoms with Crippen molar-refractivity contribution in [3.8, 4) is 0 Å². The van der Waals surface area contributed by atoms with Crippen molar-refractivity contribution in [2.24, 2.45) is 4.99 Å². The summed E-state index contributed by atoms with van der Waals surface area (Å²) in [7, 11) is 1.87. The van der Waals surface area contributed by atoms with Crippen LogP contribution >= 0.6 is 24.0 Å². The maximum absolute atomic E-state index is 4.42. The van der Waals surface area contributed by atoms with E-state index in [1.54, 1.807) is 0 Å². The minimum Gasteiger partial charge on any atom is -0.356 e. The summed E-state index contributed by atoms with van der Waals surface area (Å²) in [6, 6.07) is 11.9. The molecule has 1 aliphatic rings. The molecule has 0 aromatic heterocycles. The summed E-state index contributed by atoms with van der Waals surface area (Å²) in [6.45, 7) is 13.3. The Morgan fingerprint density at radius 1 is 1.21 bits per heavy atom. The maximum atomic E-state index is 4.42. The van der Waals surface area contributed by atoms with Gasteiger partial charge in [-0.2, -0.15) is 0 Å². The molecule has 1 saturated heterocycles. The highest BCUT2D eigenvalue weighted by atomic mass is 127. The van der Waals surface area contributed by atoms with Gasteiger partial charge in [0.1, 0.15) is 0 Å². The fraction of sp³-hybridized carbons (Fsp3) is 0.682. The number of nitrogens with one attached hydrogen (secondary N) is 2. The van der Waals surface area contributed by atoms with Crippen LogP contribution in [0.15, 0.2) is 35.3 Å². The van der Waals surface area contributed by atoms with Gasteiger partial charge in [0.25, 0.3) is 0 Å². The average molecular weight is 502 g/mol. The predicted molar refractivity (Wildman–Crippen MR) is 132 cm³/mol. The fourth-order valence-electron chi connectivity index (χ4n) is 3.84. The van der Waals surface area contributed by atoms with Crippen LogP contribution in [0.5, 0.6) is 0 Å². The molecular formula is C22H40IN5. The zero-order chi connectivity index (χ0) is 19.5. The van der Waals surface area contributed by atoms with Crippen LogP contribution in [-0.2, 0) is 6.54 Å². The van der Waals surface area contributed by atoms with E-state index in [-0.39, 0.29) is 24.0 Å². The molecule has 2 atom stereocenters. The van der Waals surface area contributed by atoms with E-state index in [2.05, 4.69) is 76.5 Å². The van der Waals surface area contributed by atoms with Crippen molar-refractivity contribution in [2.45, 2.75) is 58.7 Å². The van der Waals surface area contributed by atoms with E-state index in [1.165, 1.54) is 5.56 Å². The van der Waals surface area contributed by atoms with Crippen molar-refractivity contribution in [1.82, 2.24) is 20.4 Å². The van der Waals surface area contributed by atoms with Crippen LogP contribution in [0.1, 0.15) is 45.6 Å². The van der Waals surface area contributed by atoms with Crippen LogP contribution in [0.3, 0.4) is 0 Å². The van der Waals surface area contributed by atoms with Gasteiger partial charge in [-0.15, -0.1) is 24.0 Å². The van der Waals surface area contributed by atoms with Crippen LogP contribution in [0.25, 0.3) is 0 Å². The molecular weight excluding hydrogens is 461 g/mol. The Morgan fingerprint density at radius 2 is 1.93 bits per heavy atom. The molecule has 28 heavy (non-hydrogen) atoms. The van der Waals surface area contributed by atoms with E-state index >= 15 is 0 Å². The minimum absolute atomic E-state index is 0. The van der Waals surface area contributed by atoms with Gasteiger partial charge in [-0.1, -0.05) is 44.2 Å². The Morgan fingerprint density at radius 3 is 2.54 bits per heavy atom. The number of nitrogens with zero attached hydrogens (tertiary/aromatic N) is 3. The van der Waals surface area contributed by atoms with Gasteiger partial charge in [0.15, 0.2) is 5.96 Å². The average Bonchev–Trinajstić information content (AvgIpc) is 2.70. The predicted octanol–water partition coefficient (Wildman–Crippen LogP) is 3.55. The number of piperidine rings is 1. The summed E-state index contributed by atoms with van der Waals surface area (Å²) < 4.78 is 0. The molecule has 0 saturated carbocycles. The molecule has 2 rings (SSSR count). The quantitative estimate of drug-likeness (QED) is 0.235. The van der Waals surface area contributed by atoms with Gasteiger partial charge in [0.05, 0.1) is 0 Å². The van der Waals surface area contributed by atoms with Crippen LogP contribution in [-0.4, -0.2) is 67.6 Å². The number of aliphatic imine (C=N–C) groups is 1. The van der Waals surface area contributed by atoms with Crippen LogP contribution in [0, 0.1) is 0 Å². The van der Waals surface area contributed by atoms with Gasteiger partial charge < -0.3 is 15.5 Å². The van der Waals surface area contributed by atoms with E-state index in [0.29, 0.717) is 12.1 Å². The van der Waals surface area contributed by atoms with E-state index in [0.717, 1.165) is 64.5 Å². The van der Waals surface area contributed by atoms with E-state index < -0.39 is 0 Å². The molecule has 5 nitrogen and oxygen atoms in total. The Balaban J connectivity index is 0.00000392. The largest absolute Gasteiger partial charge is 0.356 e. The van der Waals surface area contributed by atoms with E-state index in [9.17, 15) is 0 Å². The Bertz CT molecular complexity index is 547. The Labute approximate surface area is 189 Å². The standard InChI is InChI=1S/C22H39N5.HI/c1-5-26(6-2)15-10-14-24-22(23-4)25-21-13-16-27(19(3)17-21)18-20-11-8-7-9-12-20;/h7-9,11-12,19,21H,5-6,10,13-18H2,1-4H3,(H2,23,24,25);1H. The molecule has 0 bridgehead atoms. The summed E-state index contributed by atoms with van der Waals surface area (Å²) in [5, 5.41) is 7.12. The molecule has 1 aromatic rings. The molecule has 2 N–H and O–H groups in total. The highest BCUT2D eigenvalue weighted by Gasteiger charge is 2.25. The maximum Gasteiger partial charge on any atom is 0.191 e. The summed E-state index contributed by atoms with van der Waals surface area (Å²) in [5.41, 5.74) is 1.40. The Hall–Kier alpha value is -0.860. The second-order valence-electron chi connectivity index (χ2n) is 7.55. The summed E-state index contributed by atoms with van der Waals surface area (Å²) in [6.07, 6.45) is 3.47. The lowest BCUT2D eigenvalue weighted by atomic mass is 9.97. The van der Waals surface area contributed by atoms with Gasteiger partial charge in [0.2, 0.25) is 0 Å². The van der Waals surface area contributed by atoms with Gasteiger partial charge in [-0.3, -0.25) is 9.89 Å². The highest BCUT2D eigenvalue weighted by molar-refractivity contribution is 14.0. The molecule has 1 heterocycles. The normalized spacial score (nSPS) is 20.7. The van der Waals surface area contributed by atoms with Crippen LogP contribution in [0.4, 0.5) is 0 Å². The van der Waals surface area contributed by atoms with Crippen molar-refractivity contribution in [3.63, 3.8) is 0 Å². The fourth-order valence-corrected chi connectivity index (χ4v) is 3.84. The third-order valence-electron chi connectivity index (χ3n) is 5.64. The first-order chi connectivity index (χ1) is 13.2.